The first-order chi connectivity index (χ1) is 10.9. The zero-order valence-corrected chi connectivity index (χ0v) is 14.3. The molecule has 0 radical (unpaired) electrons. The summed E-state index contributed by atoms with van der Waals surface area (Å²) in [7, 11) is 1.65. The van der Waals surface area contributed by atoms with Crippen molar-refractivity contribution in [1.82, 2.24) is 5.32 Å². The van der Waals surface area contributed by atoms with Crippen molar-refractivity contribution in [3.05, 3.63) is 65.2 Å². The number of nitrogens with one attached hydrogen (secondary N) is 1. The fraction of sp³-hybridized carbons (Fsp3) is 0.350. The lowest BCUT2D eigenvalue weighted by atomic mass is 9.94. The fourth-order valence-electron chi connectivity index (χ4n) is 2.81. The van der Waals surface area contributed by atoms with Crippen LogP contribution in [0.4, 0.5) is 0 Å². The van der Waals surface area contributed by atoms with Gasteiger partial charge in [0, 0.05) is 5.54 Å². The molecule has 1 N–H and O–H groups in total. The van der Waals surface area contributed by atoms with Crippen LogP contribution in [0.2, 0.25) is 0 Å². The minimum atomic E-state index is -0.278. The fourth-order valence-corrected chi connectivity index (χ4v) is 2.81. The van der Waals surface area contributed by atoms with Gasteiger partial charge in [0.2, 0.25) is 5.91 Å². The highest BCUT2D eigenvalue weighted by Gasteiger charge is 2.21. The van der Waals surface area contributed by atoms with E-state index in [-0.39, 0.29) is 11.4 Å². The van der Waals surface area contributed by atoms with E-state index in [2.05, 4.69) is 31.3 Å². The summed E-state index contributed by atoms with van der Waals surface area (Å²) >= 11 is 0. The summed E-state index contributed by atoms with van der Waals surface area (Å²) in [6, 6.07) is 16.1. The molecular weight excluding hydrogens is 286 g/mol. The Bertz CT molecular complexity index is 663. The molecule has 0 bridgehead atoms. The van der Waals surface area contributed by atoms with Crippen LogP contribution in [0.15, 0.2) is 48.5 Å². The number of amides is 1. The number of hydrogen-bond acceptors (Lipinski definition) is 2. The molecule has 2 aromatic carbocycles. The molecule has 0 saturated carbocycles. The van der Waals surface area contributed by atoms with Gasteiger partial charge in [0.05, 0.1) is 13.5 Å². The summed E-state index contributed by atoms with van der Waals surface area (Å²) in [5, 5.41) is 3.13. The van der Waals surface area contributed by atoms with E-state index in [0.717, 1.165) is 23.3 Å². The minimum Gasteiger partial charge on any atom is -0.496 e. The number of hydrogen-bond donors (Lipinski definition) is 1. The Hall–Kier alpha value is -2.29. The standard InChI is InChI=1S/C20H25NO2/c1-15-12-17(10-11-18(15)23-4)13-19(22)21-20(2,3)14-16-8-6-5-7-9-16/h5-12H,13-14H2,1-4H3,(H,21,22). The van der Waals surface area contributed by atoms with E-state index in [1.54, 1.807) is 7.11 Å². The highest BCUT2D eigenvalue weighted by Crippen LogP contribution is 2.19. The maximum absolute atomic E-state index is 12.3. The molecule has 3 nitrogen and oxygen atoms in total. The summed E-state index contributed by atoms with van der Waals surface area (Å²) in [6.45, 7) is 6.09. The molecule has 0 fully saturated rings. The molecule has 0 spiro atoms. The van der Waals surface area contributed by atoms with Crippen molar-refractivity contribution in [2.24, 2.45) is 0 Å². The molecule has 3 heteroatoms. The van der Waals surface area contributed by atoms with Crippen LogP contribution in [0.1, 0.15) is 30.5 Å². The molecule has 0 atom stereocenters. The molecule has 0 saturated heterocycles. The van der Waals surface area contributed by atoms with Crippen molar-refractivity contribution >= 4 is 5.91 Å². The largest absolute Gasteiger partial charge is 0.496 e. The van der Waals surface area contributed by atoms with Gasteiger partial charge in [-0.05, 0) is 49.9 Å². The summed E-state index contributed by atoms with van der Waals surface area (Å²) in [5.41, 5.74) is 2.98. The van der Waals surface area contributed by atoms with Gasteiger partial charge in [-0.15, -0.1) is 0 Å². The average Bonchev–Trinajstić information content (AvgIpc) is 2.47. The lowest BCUT2D eigenvalue weighted by Crippen LogP contribution is -2.45. The topological polar surface area (TPSA) is 38.3 Å². The Labute approximate surface area is 138 Å². The van der Waals surface area contributed by atoms with Crippen molar-refractivity contribution in [3.63, 3.8) is 0 Å². The number of benzene rings is 2. The van der Waals surface area contributed by atoms with Gasteiger partial charge in [0.15, 0.2) is 0 Å². The van der Waals surface area contributed by atoms with E-state index < -0.39 is 0 Å². The Kier molecular flexibility index (Phi) is 5.43. The second-order valence-electron chi connectivity index (χ2n) is 6.58. The minimum absolute atomic E-state index is 0.0375. The summed E-state index contributed by atoms with van der Waals surface area (Å²) < 4.78 is 5.25. The summed E-state index contributed by atoms with van der Waals surface area (Å²) in [6.07, 6.45) is 1.18. The smallest absolute Gasteiger partial charge is 0.224 e. The van der Waals surface area contributed by atoms with Gasteiger partial charge in [-0.25, -0.2) is 0 Å². The quantitative estimate of drug-likeness (QED) is 0.883. The lowest BCUT2D eigenvalue weighted by Gasteiger charge is -2.26. The molecule has 2 aromatic rings. The molecule has 23 heavy (non-hydrogen) atoms. The van der Waals surface area contributed by atoms with Crippen LogP contribution < -0.4 is 10.1 Å². The first kappa shape index (κ1) is 17.1. The van der Waals surface area contributed by atoms with Crippen molar-refractivity contribution < 1.29 is 9.53 Å². The number of ether oxygens (including phenoxy) is 1. The number of carbonyl (C=O) groups excluding carboxylic acids is 1. The van der Waals surface area contributed by atoms with Crippen LogP contribution in [-0.4, -0.2) is 18.6 Å². The molecule has 0 aliphatic heterocycles. The molecule has 0 aliphatic carbocycles. The second-order valence-corrected chi connectivity index (χ2v) is 6.58. The second kappa shape index (κ2) is 7.32. The summed E-state index contributed by atoms with van der Waals surface area (Å²) in [5.74, 6) is 0.883. The number of methoxy groups -OCH3 is 1. The molecule has 0 heterocycles. The van der Waals surface area contributed by atoms with Crippen LogP contribution in [0, 0.1) is 6.92 Å². The van der Waals surface area contributed by atoms with Gasteiger partial charge in [-0.3, -0.25) is 4.79 Å². The van der Waals surface area contributed by atoms with E-state index in [1.807, 2.05) is 43.3 Å². The van der Waals surface area contributed by atoms with Crippen LogP contribution in [0.25, 0.3) is 0 Å². The van der Waals surface area contributed by atoms with Gasteiger partial charge >= 0.3 is 0 Å². The zero-order chi connectivity index (χ0) is 16.9. The average molecular weight is 311 g/mol. The van der Waals surface area contributed by atoms with Gasteiger partial charge in [0.25, 0.3) is 0 Å². The van der Waals surface area contributed by atoms with E-state index in [9.17, 15) is 4.79 Å². The van der Waals surface area contributed by atoms with E-state index in [1.165, 1.54) is 5.56 Å². The molecule has 0 aliphatic rings. The maximum atomic E-state index is 12.3. The predicted octanol–water partition coefficient (Wildman–Crippen LogP) is 3.68. The number of carbonyl (C=O) groups is 1. The Morgan fingerprint density at radius 2 is 1.78 bits per heavy atom. The third-order valence-electron chi connectivity index (χ3n) is 3.79. The van der Waals surface area contributed by atoms with Crippen LogP contribution in [0.5, 0.6) is 5.75 Å². The highest BCUT2D eigenvalue weighted by atomic mass is 16.5. The first-order valence-corrected chi connectivity index (χ1v) is 7.88. The first-order valence-electron chi connectivity index (χ1n) is 7.88. The van der Waals surface area contributed by atoms with Crippen molar-refractivity contribution in [3.8, 4) is 5.75 Å². The van der Waals surface area contributed by atoms with Gasteiger partial charge in [0.1, 0.15) is 5.75 Å². The van der Waals surface area contributed by atoms with E-state index in [4.69, 9.17) is 4.74 Å². The van der Waals surface area contributed by atoms with E-state index >= 15 is 0 Å². The van der Waals surface area contributed by atoms with Gasteiger partial charge in [-0.2, -0.15) is 0 Å². The monoisotopic (exact) mass is 311 g/mol. The van der Waals surface area contributed by atoms with Crippen LogP contribution >= 0.6 is 0 Å². The SMILES string of the molecule is COc1ccc(CC(=O)NC(C)(C)Cc2ccccc2)cc1C. The third-order valence-corrected chi connectivity index (χ3v) is 3.79. The van der Waals surface area contributed by atoms with Crippen molar-refractivity contribution in [2.75, 3.05) is 7.11 Å². The lowest BCUT2D eigenvalue weighted by molar-refractivity contribution is -0.122. The third kappa shape index (κ3) is 5.13. The van der Waals surface area contributed by atoms with Gasteiger partial charge in [-0.1, -0.05) is 42.5 Å². The van der Waals surface area contributed by atoms with Crippen molar-refractivity contribution in [2.45, 2.75) is 39.2 Å². The highest BCUT2D eigenvalue weighted by molar-refractivity contribution is 5.79. The Balaban J connectivity index is 1.97. The molecule has 122 valence electrons. The maximum Gasteiger partial charge on any atom is 0.224 e. The van der Waals surface area contributed by atoms with Gasteiger partial charge < -0.3 is 10.1 Å². The number of rotatable bonds is 6. The molecule has 2 rings (SSSR count). The normalized spacial score (nSPS) is 11.1. The molecule has 0 unspecified atom stereocenters. The van der Waals surface area contributed by atoms with Crippen LogP contribution in [0.3, 0.4) is 0 Å². The molecular formula is C20H25NO2. The van der Waals surface area contributed by atoms with E-state index in [0.29, 0.717) is 6.42 Å². The van der Waals surface area contributed by atoms with Crippen LogP contribution in [-0.2, 0) is 17.6 Å². The number of aryl methyl sites for hydroxylation is 1. The summed E-state index contributed by atoms with van der Waals surface area (Å²) in [4.78, 5) is 12.3. The molecule has 1 amide bonds. The Morgan fingerprint density at radius 1 is 1.09 bits per heavy atom. The van der Waals surface area contributed by atoms with Crippen molar-refractivity contribution in [1.29, 1.82) is 0 Å². The Morgan fingerprint density at radius 3 is 2.39 bits per heavy atom. The predicted molar refractivity (Wildman–Crippen MR) is 93.8 cm³/mol. The molecule has 0 aromatic heterocycles. The zero-order valence-electron chi connectivity index (χ0n) is 14.3.